The summed E-state index contributed by atoms with van der Waals surface area (Å²) in [6.45, 7) is 4.02. The molecular weight excluding hydrogens is 212 g/mol. The third-order valence-corrected chi connectivity index (χ3v) is 4.09. The molecular formula is C13H24N4. The Balaban J connectivity index is 1.85. The number of rotatable bonds is 5. The molecule has 0 bridgehead atoms. The van der Waals surface area contributed by atoms with Crippen molar-refractivity contribution >= 4 is 0 Å². The van der Waals surface area contributed by atoms with Gasteiger partial charge in [-0.3, -0.25) is 4.68 Å². The van der Waals surface area contributed by atoms with Gasteiger partial charge in [-0.2, -0.15) is 5.10 Å². The molecule has 1 saturated carbocycles. The van der Waals surface area contributed by atoms with E-state index < -0.39 is 0 Å². The summed E-state index contributed by atoms with van der Waals surface area (Å²) in [7, 11) is 6.39. The van der Waals surface area contributed by atoms with Crippen molar-refractivity contribution in [3.63, 3.8) is 0 Å². The van der Waals surface area contributed by atoms with Crippen molar-refractivity contribution in [1.82, 2.24) is 20.0 Å². The summed E-state index contributed by atoms with van der Waals surface area (Å²) >= 11 is 0. The molecule has 1 aliphatic rings. The zero-order chi connectivity index (χ0) is 12.5. The maximum atomic E-state index is 4.36. The Labute approximate surface area is 104 Å². The molecule has 0 aliphatic heterocycles. The Morgan fingerprint density at radius 1 is 1.47 bits per heavy atom. The highest BCUT2D eigenvalue weighted by Gasteiger charge is 2.38. The lowest BCUT2D eigenvalue weighted by Crippen LogP contribution is -2.56. The third kappa shape index (κ3) is 2.53. The van der Waals surface area contributed by atoms with E-state index in [1.165, 1.54) is 25.0 Å². The third-order valence-electron chi connectivity index (χ3n) is 4.09. The van der Waals surface area contributed by atoms with Crippen molar-refractivity contribution < 1.29 is 0 Å². The lowest BCUT2D eigenvalue weighted by molar-refractivity contribution is 0.0596. The molecule has 1 N–H and O–H groups in total. The summed E-state index contributed by atoms with van der Waals surface area (Å²) in [5.41, 5.74) is 2.75. The van der Waals surface area contributed by atoms with Gasteiger partial charge < -0.3 is 10.2 Å². The smallest absolute Gasteiger partial charge is 0.0597 e. The fourth-order valence-electron chi connectivity index (χ4n) is 2.62. The minimum atomic E-state index is 0.396. The molecule has 4 nitrogen and oxygen atoms in total. The Hall–Kier alpha value is -0.870. The van der Waals surface area contributed by atoms with E-state index in [-0.39, 0.29) is 0 Å². The van der Waals surface area contributed by atoms with Crippen molar-refractivity contribution in [2.45, 2.75) is 38.3 Å². The van der Waals surface area contributed by atoms with Crippen molar-refractivity contribution in [3.8, 4) is 0 Å². The van der Waals surface area contributed by atoms with Gasteiger partial charge in [0.15, 0.2) is 0 Å². The van der Waals surface area contributed by atoms with E-state index in [0.29, 0.717) is 5.54 Å². The van der Waals surface area contributed by atoms with E-state index in [9.17, 15) is 0 Å². The summed E-state index contributed by atoms with van der Waals surface area (Å²) in [4.78, 5) is 2.37. The number of hydrogen-bond donors (Lipinski definition) is 1. The monoisotopic (exact) mass is 236 g/mol. The van der Waals surface area contributed by atoms with Crippen LogP contribution in [0.25, 0.3) is 0 Å². The Morgan fingerprint density at radius 2 is 2.18 bits per heavy atom. The molecule has 1 aromatic rings. The SMILES string of the molecule is Cc1cc(CNCC2(N(C)C)CCC2)n(C)n1. The molecule has 96 valence electrons. The number of nitrogens with zero attached hydrogens (tertiary/aromatic N) is 3. The zero-order valence-corrected chi connectivity index (χ0v) is 11.5. The molecule has 1 aromatic heterocycles. The first-order chi connectivity index (χ1) is 8.03. The molecule has 0 saturated heterocycles. The molecule has 17 heavy (non-hydrogen) atoms. The van der Waals surface area contributed by atoms with Gasteiger partial charge in [0.05, 0.1) is 11.4 Å². The minimum Gasteiger partial charge on any atom is -0.309 e. The second-order valence-corrected chi connectivity index (χ2v) is 5.48. The summed E-state index contributed by atoms with van der Waals surface area (Å²) in [5.74, 6) is 0. The number of aryl methyl sites for hydroxylation is 2. The molecule has 0 spiro atoms. The van der Waals surface area contributed by atoms with E-state index in [2.05, 4.69) is 35.5 Å². The molecule has 0 amide bonds. The Morgan fingerprint density at radius 3 is 2.59 bits per heavy atom. The van der Waals surface area contributed by atoms with Crippen molar-refractivity contribution in [1.29, 1.82) is 0 Å². The zero-order valence-electron chi connectivity index (χ0n) is 11.5. The maximum Gasteiger partial charge on any atom is 0.0597 e. The van der Waals surface area contributed by atoms with Crippen LogP contribution in [0.4, 0.5) is 0 Å². The first-order valence-electron chi connectivity index (χ1n) is 6.41. The van der Waals surface area contributed by atoms with E-state index in [1.807, 2.05) is 18.7 Å². The van der Waals surface area contributed by atoms with Crippen molar-refractivity contribution in [2.24, 2.45) is 7.05 Å². The van der Waals surface area contributed by atoms with Crippen LogP contribution in [-0.2, 0) is 13.6 Å². The Bertz CT molecular complexity index is 377. The molecule has 1 fully saturated rings. The molecule has 2 rings (SSSR count). The van der Waals surface area contributed by atoms with E-state index in [0.717, 1.165) is 18.8 Å². The average Bonchev–Trinajstić information content (AvgIpc) is 2.49. The Kier molecular flexibility index (Phi) is 3.54. The predicted molar refractivity (Wildman–Crippen MR) is 69.9 cm³/mol. The number of nitrogens with one attached hydrogen (secondary N) is 1. The van der Waals surface area contributed by atoms with Crippen LogP contribution in [0.1, 0.15) is 30.7 Å². The van der Waals surface area contributed by atoms with Crippen molar-refractivity contribution in [3.05, 3.63) is 17.5 Å². The predicted octanol–water partition coefficient (Wildman–Crippen LogP) is 1.30. The lowest BCUT2D eigenvalue weighted by Gasteiger charge is -2.47. The van der Waals surface area contributed by atoms with Crippen LogP contribution < -0.4 is 5.32 Å². The number of hydrogen-bond acceptors (Lipinski definition) is 3. The topological polar surface area (TPSA) is 33.1 Å². The van der Waals surface area contributed by atoms with Crippen molar-refractivity contribution in [2.75, 3.05) is 20.6 Å². The van der Waals surface area contributed by atoms with Crippen LogP contribution in [0.15, 0.2) is 6.07 Å². The van der Waals surface area contributed by atoms with Crippen LogP contribution in [0.2, 0.25) is 0 Å². The highest BCUT2D eigenvalue weighted by molar-refractivity contribution is 5.08. The molecule has 1 aliphatic carbocycles. The summed E-state index contributed by atoms with van der Waals surface area (Å²) in [6, 6.07) is 2.15. The van der Waals surface area contributed by atoms with E-state index in [1.54, 1.807) is 0 Å². The normalized spacial score (nSPS) is 18.4. The molecule has 0 radical (unpaired) electrons. The first-order valence-corrected chi connectivity index (χ1v) is 6.41. The highest BCUT2D eigenvalue weighted by Crippen LogP contribution is 2.35. The fraction of sp³-hybridized carbons (Fsp3) is 0.769. The van der Waals surface area contributed by atoms with Crippen LogP contribution in [0, 0.1) is 6.92 Å². The summed E-state index contributed by atoms with van der Waals surface area (Å²) in [5, 5.41) is 7.94. The molecule has 0 aromatic carbocycles. The number of likely N-dealkylation sites (N-methyl/N-ethyl adjacent to an activating group) is 1. The van der Waals surface area contributed by atoms with Gasteiger partial charge in [0.1, 0.15) is 0 Å². The van der Waals surface area contributed by atoms with Gasteiger partial charge in [0, 0.05) is 25.7 Å². The largest absolute Gasteiger partial charge is 0.309 e. The van der Waals surface area contributed by atoms with Gasteiger partial charge in [-0.25, -0.2) is 0 Å². The van der Waals surface area contributed by atoms with E-state index in [4.69, 9.17) is 0 Å². The second-order valence-electron chi connectivity index (χ2n) is 5.48. The lowest BCUT2D eigenvalue weighted by atomic mass is 9.75. The molecule has 0 unspecified atom stereocenters. The van der Waals surface area contributed by atoms with Crippen LogP contribution in [-0.4, -0.2) is 40.9 Å². The van der Waals surface area contributed by atoms with Gasteiger partial charge in [-0.05, 0) is 46.3 Å². The standard InChI is InChI=1S/C13H24N4/c1-11-8-12(17(4)15-11)9-14-10-13(16(2)3)6-5-7-13/h8,14H,5-7,9-10H2,1-4H3. The molecule has 4 heteroatoms. The molecule has 0 atom stereocenters. The minimum absolute atomic E-state index is 0.396. The quantitative estimate of drug-likeness (QED) is 0.836. The van der Waals surface area contributed by atoms with Gasteiger partial charge in [-0.15, -0.1) is 0 Å². The average molecular weight is 236 g/mol. The number of aromatic nitrogens is 2. The highest BCUT2D eigenvalue weighted by atomic mass is 15.3. The van der Waals surface area contributed by atoms with E-state index >= 15 is 0 Å². The van der Waals surface area contributed by atoms with Crippen LogP contribution in [0.3, 0.4) is 0 Å². The maximum absolute atomic E-state index is 4.36. The second kappa shape index (κ2) is 4.78. The molecule has 1 heterocycles. The fourth-order valence-corrected chi connectivity index (χ4v) is 2.62. The summed E-state index contributed by atoms with van der Waals surface area (Å²) < 4.78 is 1.96. The van der Waals surface area contributed by atoms with Gasteiger partial charge >= 0.3 is 0 Å². The van der Waals surface area contributed by atoms with Gasteiger partial charge in [-0.1, -0.05) is 0 Å². The van der Waals surface area contributed by atoms with Crippen LogP contribution >= 0.6 is 0 Å². The van der Waals surface area contributed by atoms with Gasteiger partial charge in [0.25, 0.3) is 0 Å². The summed E-state index contributed by atoms with van der Waals surface area (Å²) in [6.07, 6.45) is 4.00. The van der Waals surface area contributed by atoms with Gasteiger partial charge in [0.2, 0.25) is 0 Å². The first kappa shape index (κ1) is 12.6. The van der Waals surface area contributed by atoms with Crippen LogP contribution in [0.5, 0.6) is 0 Å².